The number of aromatic nitrogens is 2. The minimum Gasteiger partial charge on any atom is -0.545 e. The van der Waals surface area contributed by atoms with E-state index in [0.29, 0.717) is 17.0 Å². The van der Waals surface area contributed by atoms with Crippen molar-refractivity contribution in [3.63, 3.8) is 0 Å². The summed E-state index contributed by atoms with van der Waals surface area (Å²) in [5, 5.41) is 11.0. The molecule has 0 radical (unpaired) electrons. The lowest BCUT2D eigenvalue weighted by atomic mass is 10.0. The van der Waals surface area contributed by atoms with E-state index in [2.05, 4.69) is 9.97 Å². The molecule has 1 aromatic heterocycles. The number of carbonyl (C=O) groups is 1. The van der Waals surface area contributed by atoms with Crippen molar-refractivity contribution >= 4 is 5.97 Å². The molecular weight excluding hydrogens is 232 g/mol. The van der Waals surface area contributed by atoms with Crippen molar-refractivity contribution in [3.05, 3.63) is 41.9 Å². The molecule has 0 aliphatic carbocycles. The number of nitrogens with zero attached hydrogens (tertiary/aromatic N) is 2. The molecule has 5 heteroatoms. The number of carboxylic acids is 1. The first-order chi connectivity index (χ1) is 8.65. The Morgan fingerprint density at radius 2 is 2.17 bits per heavy atom. The Bertz CT molecular complexity index is 597. The van der Waals surface area contributed by atoms with Gasteiger partial charge in [0.05, 0.1) is 18.8 Å². The van der Waals surface area contributed by atoms with Crippen molar-refractivity contribution in [1.29, 1.82) is 0 Å². The number of para-hydroxylation sites is 1. The maximum Gasteiger partial charge on any atom is 0.131 e. The van der Waals surface area contributed by atoms with Crippen LogP contribution < -0.4 is 9.84 Å². The van der Waals surface area contributed by atoms with Crippen LogP contribution in [0.2, 0.25) is 0 Å². The van der Waals surface area contributed by atoms with Crippen molar-refractivity contribution < 1.29 is 14.6 Å². The molecular formula is C13H11N2O3-. The number of benzene rings is 1. The quantitative estimate of drug-likeness (QED) is 0.797. The molecule has 0 amide bonds. The Labute approximate surface area is 104 Å². The van der Waals surface area contributed by atoms with Gasteiger partial charge in [-0.1, -0.05) is 12.1 Å². The standard InChI is InChI=1S/C13H12N2O3/c1-8-4-3-5-9(12(8)18-2)11-10(13(16)17)6-14-7-15-11/h3-7H,1-2H3,(H,16,17)/p-1. The van der Waals surface area contributed by atoms with Gasteiger partial charge in [-0.05, 0) is 18.6 Å². The number of hydrogen-bond acceptors (Lipinski definition) is 5. The van der Waals surface area contributed by atoms with Crippen molar-refractivity contribution in [1.82, 2.24) is 9.97 Å². The fourth-order valence-corrected chi connectivity index (χ4v) is 1.80. The van der Waals surface area contributed by atoms with Gasteiger partial charge in [0.2, 0.25) is 0 Å². The molecule has 1 heterocycles. The second-order valence-corrected chi connectivity index (χ2v) is 3.73. The van der Waals surface area contributed by atoms with E-state index >= 15 is 0 Å². The molecule has 0 saturated carbocycles. The smallest absolute Gasteiger partial charge is 0.131 e. The number of carboxylic acid groups (broad SMARTS) is 1. The molecule has 0 atom stereocenters. The van der Waals surface area contributed by atoms with Gasteiger partial charge in [-0.2, -0.15) is 0 Å². The Balaban J connectivity index is 2.70. The molecule has 0 saturated heterocycles. The number of methoxy groups -OCH3 is 1. The highest BCUT2D eigenvalue weighted by molar-refractivity contribution is 5.94. The van der Waals surface area contributed by atoms with E-state index in [0.717, 1.165) is 5.56 Å². The van der Waals surface area contributed by atoms with Crippen LogP contribution in [-0.2, 0) is 0 Å². The summed E-state index contributed by atoms with van der Waals surface area (Å²) in [6.45, 7) is 1.88. The second-order valence-electron chi connectivity index (χ2n) is 3.73. The largest absolute Gasteiger partial charge is 0.545 e. The highest BCUT2D eigenvalue weighted by atomic mass is 16.5. The van der Waals surface area contributed by atoms with Crippen LogP contribution in [0.15, 0.2) is 30.7 Å². The SMILES string of the molecule is COc1c(C)cccc1-c1ncncc1C(=O)[O-]. The van der Waals surface area contributed by atoms with Crippen LogP contribution >= 0.6 is 0 Å². The summed E-state index contributed by atoms with van der Waals surface area (Å²) >= 11 is 0. The summed E-state index contributed by atoms with van der Waals surface area (Å²) in [6, 6.07) is 5.44. The molecule has 2 aromatic rings. The van der Waals surface area contributed by atoms with Gasteiger partial charge < -0.3 is 14.6 Å². The van der Waals surface area contributed by atoms with Gasteiger partial charge in [-0.25, -0.2) is 9.97 Å². The van der Waals surface area contributed by atoms with E-state index < -0.39 is 5.97 Å². The number of aromatic carboxylic acids is 1. The van der Waals surface area contributed by atoms with Crippen LogP contribution in [0.5, 0.6) is 5.75 Å². The zero-order valence-corrected chi connectivity index (χ0v) is 10.0. The van der Waals surface area contributed by atoms with Crippen LogP contribution in [0.3, 0.4) is 0 Å². The van der Waals surface area contributed by atoms with E-state index in [-0.39, 0.29) is 5.56 Å². The molecule has 5 nitrogen and oxygen atoms in total. The fourth-order valence-electron chi connectivity index (χ4n) is 1.80. The summed E-state index contributed by atoms with van der Waals surface area (Å²) in [5.74, 6) is -0.715. The molecule has 0 spiro atoms. The lowest BCUT2D eigenvalue weighted by molar-refractivity contribution is -0.255. The maximum atomic E-state index is 11.0. The van der Waals surface area contributed by atoms with Crippen LogP contribution in [0.1, 0.15) is 15.9 Å². The van der Waals surface area contributed by atoms with E-state index in [4.69, 9.17) is 4.74 Å². The zero-order valence-electron chi connectivity index (χ0n) is 10.0. The molecule has 92 valence electrons. The van der Waals surface area contributed by atoms with Crippen molar-refractivity contribution in [2.45, 2.75) is 6.92 Å². The van der Waals surface area contributed by atoms with Crippen LogP contribution in [0.25, 0.3) is 11.3 Å². The van der Waals surface area contributed by atoms with Crippen molar-refractivity contribution in [2.24, 2.45) is 0 Å². The van der Waals surface area contributed by atoms with Gasteiger partial charge >= 0.3 is 0 Å². The van der Waals surface area contributed by atoms with Crippen LogP contribution in [0.4, 0.5) is 0 Å². The molecule has 0 bridgehead atoms. The Kier molecular flexibility index (Phi) is 3.23. The average molecular weight is 243 g/mol. The number of carbonyl (C=O) groups excluding carboxylic acids is 1. The first-order valence-electron chi connectivity index (χ1n) is 5.30. The van der Waals surface area contributed by atoms with Gasteiger partial charge in [0.1, 0.15) is 12.1 Å². The molecule has 0 aliphatic heterocycles. The van der Waals surface area contributed by atoms with Gasteiger partial charge in [0.25, 0.3) is 0 Å². The van der Waals surface area contributed by atoms with Crippen molar-refractivity contribution in [2.75, 3.05) is 7.11 Å². The summed E-state index contributed by atoms with van der Waals surface area (Å²) in [7, 11) is 1.53. The van der Waals surface area contributed by atoms with Crippen molar-refractivity contribution in [3.8, 4) is 17.0 Å². The number of rotatable bonds is 3. The van der Waals surface area contributed by atoms with Gasteiger partial charge in [0, 0.05) is 17.3 Å². The minimum absolute atomic E-state index is 0.0543. The molecule has 0 unspecified atom stereocenters. The molecule has 0 N–H and O–H groups in total. The Morgan fingerprint density at radius 3 is 2.83 bits per heavy atom. The van der Waals surface area contributed by atoms with Gasteiger partial charge in [-0.3, -0.25) is 0 Å². The fraction of sp³-hybridized carbons (Fsp3) is 0.154. The molecule has 0 aliphatic rings. The normalized spacial score (nSPS) is 10.1. The third kappa shape index (κ3) is 2.02. The molecule has 18 heavy (non-hydrogen) atoms. The molecule has 2 rings (SSSR count). The lowest BCUT2D eigenvalue weighted by Gasteiger charge is -2.13. The predicted molar refractivity (Wildman–Crippen MR) is 63.1 cm³/mol. The third-order valence-electron chi connectivity index (χ3n) is 2.60. The van der Waals surface area contributed by atoms with E-state index in [1.807, 2.05) is 19.1 Å². The summed E-state index contributed by atoms with van der Waals surface area (Å²) in [4.78, 5) is 18.8. The van der Waals surface area contributed by atoms with Gasteiger partial charge in [-0.15, -0.1) is 0 Å². The predicted octanol–water partition coefficient (Wildman–Crippen LogP) is 0.824. The summed E-state index contributed by atoms with van der Waals surface area (Å²) < 4.78 is 5.29. The van der Waals surface area contributed by atoms with E-state index in [1.54, 1.807) is 6.07 Å². The maximum absolute atomic E-state index is 11.0. The Hall–Kier alpha value is -2.43. The first-order valence-corrected chi connectivity index (χ1v) is 5.30. The van der Waals surface area contributed by atoms with Gasteiger partial charge in [0.15, 0.2) is 0 Å². The molecule has 1 aromatic carbocycles. The zero-order chi connectivity index (χ0) is 13.1. The topological polar surface area (TPSA) is 75.1 Å². The van der Waals surface area contributed by atoms with Crippen LogP contribution in [-0.4, -0.2) is 23.0 Å². The average Bonchev–Trinajstić information content (AvgIpc) is 2.38. The number of hydrogen-bond donors (Lipinski definition) is 0. The third-order valence-corrected chi connectivity index (χ3v) is 2.60. The lowest BCUT2D eigenvalue weighted by Crippen LogP contribution is -2.23. The summed E-state index contributed by atoms with van der Waals surface area (Å²) in [5.41, 5.74) is 1.75. The molecule has 0 fully saturated rings. The summed E-state index contributed by atoms with van der Waals surface area (Å²) in [6.07, 6.45) is 2.52. The monoisotopic (exact) mass is 243 g/mol. The first kappa shape index (κ1) is 12.0. The Morgan fingerprint density at radius 1 is 1.39 bits per heavy atom. The van der Waals surface area contributed by atoms with E-state index in [1.165, 1.54) is 19.6 Å². The number of aryl methyl sites for hydroxylation is 1. The minimum atomic E-state index is -1.31. The highest BCUT2D eigenvalue weighted by Gasteiger charge is 2.13. The van der Waals surface area contributed by atoms with E-state index in [9.17, 15) is 9.90 Å². The highest BCUT2D eigenvalue weighted by Crippen LogP contribution is 2.32. The van der Waals surface area contributed by atoms with Crippen LogP contribution in [0, 0.1) is 6.92 Å². The number of ether oxygens (including phenoxy) is 1. The second kappa shape index (κ2) is 4.83.